The van der Waals surface area contributed by atoms with E-state index in [2.05, 4.69) is 24.7 Å². The number of carbonyl (C=O) groups is 2. The van der Waals surface area contributed by atoms with E-state index in [1.165, 1.54) is 13.8 Å². The summed E-state index contributed by atoms with van der Waals surface area (Å²) in [6.45, 7) is 2.64. The first-order valence-electron chi connectivity index (χ1n) is 4.69. The molecule has 1 heterocycles. The van der Waals surface area contributed by atoms with Gasteiger partial charge in [0.25, 0.3) is 0 Å². The van der Waals surface area contributed by atoms with Crippen LogP contribution in [0.25, 0.3) is 0 Å². The molecule has 8 heteroatoms. The Balaban J connectivity index is 2.92. The molecule has 0 fully saturated rings. The molecule has 0 saturated heterocycles. The quantitative estimate of drug-likeness (QED) is 0.482. The Labute approximate surface area is 102 Å². The molecule has 1 aromatic rings. The third-order valence-electron chi connectivity index (χ3n) is 1.59. The number of ether oxygens (including phenoxy) is 1. The molecule has 0 aliphatic rings. The SMILES string of the molecule is CNc1snc(NC(C)=O)c1N=COC(C)=O. The molecule has 0 atom stereocenters. The molecule has 0 aliphatic carbocycles. The van der Waals surface area contributed by atoms with Gasteiger partial charge in [-0.1, -0.05) is 0 Å². The molecule has 0 spiro atoms. The predicted molar refractivity (Wildman–Crippen MR) is 65.9 cm³/mol. The van der Waals surface area contributed by atoms with Gasteiger partial charge in [0, 0.05) is 20.9 Å². The van der Waals surface area contributed by atoms with Crippen molar-refractivity contribution in [3.63, 3.8) is 0 Å². The van der Waals surface area contributed by atoms with Gasteiger partial charge in [-0.25, -0.2) is 4.99 Å². The fraction of sp³-hybridized carbons (Fsp3) is 0.333. The number of aromatic nitrogens is 1. The molecule has 92 valence electrons. The number of nitrogens with zero attached hydrogens (tertiary/aromatic N) is 2. The molecule has 0 saturated carbocycles. The number of esters is 1. The van der Waals surface area contributed by atoms with Crippen LogP contribution in [0.1, 0.15) is 13.8 Å². The number of aliphatic imine (C=N–C) groups is 1. The van der Waals surface area contributed by atoms with Crippen LogP contribution in [0.3, 0.4) is 0 Å². The molecular formula is C9H12N4O3S. The highest BCUT2D eigenvalue weighted by Crippen LogP contribution is 2.36. The molecule has 0 bridgehead atoms. The molecule has 0 aromatic carbocycles. The zero-order valence-corrected chi connectivity index (χ0v) is 10.4. The number of anilines is 2. The first-order chi connectivity index (χ1) is 8.04. The Morgan fingerprint density at radius 2 is 2.18 bits per heavy atom. The lowest BCUT2D eigenvalue weighted by molar-refractivity contribution is -0.132. The highest BCUT2D eigenvalue weighted by molar-refractivity contribution is 7.11. The maximum atomic E-state index is 10.9. The van der Waals surface area contributed by atoms with Crippen LogP contribution in [0, 0.1) is 0 Å². The van der Waals surface area contributed by atoms with Gasteiger partial charge in [-0.05, 0) is 11.5 Å². The first kappa shape index (κ1) is 13.1. The molecular weight excluding hydrogens is 244 g/mol. The summed E-state index contributed by atoms with van der Waals surface area (Å²) >= 11 is 1.15. The van der Waals surface area contributed by atoms with Gasteiger partial charge in [-0.2, -0.15) is 4.37 Å². The molecule has 0 unspecified atom stereocenters. The van der Waals surface area contributed by atoms with E-state index < -0.39 is 5.97 Å². The van der Waals surface area contributed by atoms with Crippen molar-refractivity contribution in [1.29, 1.82) is 0 Å². The second kappa shape index (κ2) is 5.94. The van der Waals surface area contributed by atoms with Crippen LogP contribution in [-0.4, -0.2) is 29.7 Å². The lowest BCUT2D eigenvalue weighted by Crippen LogP contribution is -2.06. The van der Waals surface area contributed by atoms with Crippen molar-refractivity contribution in [2.24, 2.45) is 4.99 Å². The number of hydrogen-bond donors (Lipinski definition) is 2. The largest absolute Gasteiger partial charge is 0.415 e. The van der Waals surface area contributed by atoms with Crippen molar-refractivity contribution in [3.05, 3.63) is 0 Å². The summed E-state index contributed by atoms with van der Waals surface area (Å²) in [5.41, 5.74) is 0.425. The fourth-order valence-electron chi connectivity index (χ4n) is 0.971. The summed E-state index contributed by atoms with van der Waals surface area (Å²) in [6.07, 6.45) is 1.01. The fourth-order valence-corrected chi connectivity index (χ4v) is 1.61. The van der Waals surface area contributed by atoms with Gasteiger partial charge in [0.1, 0.15) is 10.7 Å². The highest BCUT2D eigenvalue weighted by Gasteiger charge is 2.12. The van der Waals surface area contributed by atoms with Crippen molar-refractivity contribution in [3.8, 4) is 0 Å². The van der Waals surface area contributed by atoms with Crippen molar-refractivity contribution >= 4 is 46.3 Å². The van der Waals surface area contributed by atoms with Crippen LogP contribution in [0.5, 0.6) is 0 Å². The summed E-state index contributed by atoms with van der Waals surface area (Å²) in [4.78, 5) is 25.5. The third-order valence-corrected chi connectivity index (χ3v) is 2.44. The topological polar surface area (TPSA) is 92.7 Å². The number of nitrogens with one attached hydrogen (secondary N) is 2. The molecule has 2 N–H and O–H groups in total. The molecule has 7 nitrogen and oxygen atoms in total. The maximum absolute atomic E-state index is 10.9. The molecule has 1 rings (SSSR count). The monoisotopic (exact) mass is 256 g/mol. The van der Waals surface area contributed by atoms with E-state index in [0.29, 0.717) is 16.5 Å². The smallest absolute Gasteiger partial charge is 0.308 e. The number of hydrogen-bond acceptors (Lipinski definition) is 7. The van der Waals surface area contributed by atoms with E-state index in [0.717, 1.165) is 17.9 Å². The number of carbonyl (C=O) groups excluding carboxylic acids is 2. The van der Waals surface area contributed by atoms with Crippen molar-refractivity contribution in [2.75, 3.05) is 17.7 Å². The minimum atomic E-state index is -0.468. The lowest BCUT2D eigenvalue weighted by atomic mass is 10.4. The van der Waals surface area contributed by atoms with Crippen molar-refractivity contribution in [2.45, 2.75) is 13.8 Å². The van der Waals surface area contributed by atoms with Gasteiger partial charge in [-0.3, -0.25) is 9.59 Å². The van der Waals surface area contributed by atoms with Gasteiger partial charge in [0.05, 0.1) is 0 Å². The summed E-state index contributed by atoms with van der Waals surface area (Å²) in [6, 6.07) is 0. The van der Waals surface area contributed by atoms with E-state index in [1.54, 1.807) is 7.05 Å². The zero-order chi connectivity index (χ0) is 12.8. The third kappa shape index (κ3) is 3.83. The van der Waals surface area contributed by atoms with Crippen LogP contribution in [0.2, 0.25) is 0 Å². The zero-order valence-electron chi connectivity index (χ0n) is 9.60. The molecule has 0 aliphatic heterocycles. The molecule has 17 heavy (non-hydrogen) atoms. The predicted octanol–water partition coefficient (Wildman–Crippen LogP) is 1.37. The Hall–Kier alpha value is -1.96. The lowest BCUT2D eigenvalue weighted by Gasteiger charge is -2.00. The Morgan fingerprint density at radius 1 is 1.47 bits per heavy atom. The Kier molecular flexibility index (Phi) is 4.58. The normalized spacial score (nSPS) is 10.3. The minimum absolute atomic E-state index is 0.248. The van der Waals surface area contributed by atoms with Gasteiger partial charge in [0.15, 0.2) is 12.2 Å². The molecule has 1 aromatic heterocycles. The average molecular weight is 256 g/mol. The highest BCUT2D eigenvalue weighted by atomic mass is 32.1. The summed E-state index contributed by atoms with van der Waals surface area (Å²) < 4.78 is 8.60. The summed E-state index contributed by atoms with van der Waals surface area (Å²) in [5.74, 6) is -0.388. The van der Waals surface area contributed by atoms with E-state index in [-0.39, 0.29) is 5.91 Å². The summed E-state index contributed by atoms with van der Waals surface area (Å²) in [7, 11) is 1.70. The Bertz CT molecular complexity index is 455. The second-order valence-electron chi connectivity index (χ2n) is 2.98. The van der Waals surface area contributed by atoms with Crippen LogP contribution in [0.15, 0.2) is 4.99 Å². The van der Waals surface area contributed by atoms with Crippen LogP contribution in [0.4, 0.5) is 16.5 Å². The van der Waals surface area contributed by atoms with E-state index >= 15 is 0 Å². The van der Waals surface area contributed by atoms with Crippen LogP contribution in [-0.2, 0) is 14.3 Å². The van der Waals surface area contributed by atoms with Crippen LogP contribution >= 0.6 is 11.5 Å². The minimum Gasteiger partial charge on any atom is -0.415 e. The van der Waals surface area contributed by atoms with Crippen molar-refractivity contribution < 1.29 is 14.3 Å². The van der Waals surface area contributed by atoms with E-state index in [9.17, 15) is 9.59 Å². The second-order valence-corrected chi connectivity index (χ2v) is 3.76. The van der Waals surface area contributed by atoms with Gasteiger partial charge < -0.3 is 15.4 Å². The first-order valence-corrected chi connectivity index (χ1v) is 5.46. The molecule has 1 amide bonds. The molecule has 0 radical (unpaired) electrons. The van der Waals surface area contributed by atoms with Crippen LogP contribution < -0.4 is 10.6 Å². The average Bonchev–Trinajstić information content (AvgIpc) is 2.60. The van der Waals surface area contributed by atoms with Gasteiger partial charge in [-0.15, -0.1) is 0 Å². The number of amides is 1. The van der Waals surface area contributed by atoms with Gasteiger partial charge in [0.2, 0.25) is 5.91 Å². The number of rotatable bonds is 4. The van der Waals surface area contributed by atoms with Gasteiger partial charge >= 0.3 is 5.97 Å². The maximum Gasteiger partial charge on any atom is 0.308 e. The van der Waals surface area contributed by atoms with E-state index in [1.807, 2.05) is 0 Å². The van der Waals surface area contributed by atoms with E-state index in [4.69, 9.17) is 0 Å². The Morgan fingerprint density at radius 3 is 2.71 bits per heavy atom. The van der Waals surface area contributed by atoms with Crippen molar-refractivity contribution in [1.82, 2.24) is 4.37 Å². The summed E-state index contributed by atoms with van der Waals surface area (Å²) in [5, 5.41) is 6.07. The standard InChI is InChI=1S/C9H12N4O3S/c1-5(14)12-8-7(9(10-3)17-13-8)11-4-16-6(2)15/h4,10H,1-3H3,(H,12,13,14).